The second-order valence-electron chi connectivity index (χ2n) is 8.43. The van der Waals surface area contributed by atoms with Crippen molar-refractivity contribution in [2.24, 2.45) is 5.73 Å². The van der Waals surface area contributed by atoms with Gasteiger partial charge in [-0.05, 0) is 60.4 Å². The van der Waals surface area contributed by atoms with Crippen molar-refractivity contribution in [1.82, 2.24) is 5.32 Å². The molecule has 1 aliphatic heterocycles. The van der Waals surface area contributed by atoms with Crippen molar-refractivity contribution in [3.63, 3.8) is 0 Å². The Kier molecular flexibility index (Phi) is 7.28. The summed E-state index contributed by atoms with van der Waals surface area (Å²) in [5.41, 5.74) is 9.24. The smallest absolute Gasteiger partial charge is 0.319 e. The van der Waals surface area contributed by atoms with Crippen molar-refractivity contribution < 1.29 is 14.4 Å². The van der Waals surface area contributed by atoms with Gasteiger partial charge in [0, 0.05) is 17.3 Å². The topological polar surface area (TPSA) is 105 Å². The molecular weight excluding hydrogens is 487 g/mol. The lowest BCUT2D eigenvalue weighted by Crippen LogP contribution is -2.51. The van der Waals surface area contributed by atoms with Crippen LogP contribution in [0.1, 0.15) is 29.0 Å². The standard InChI is InChI=1S/C26H24Cl2N4O3/c1-15-5-4-6-17(11-15)30-26(35)31-22-13-19(16-9-10-20(27)21(28)12-16)18-7-2-3-8-23(18)32(25(22)34)14-24(29)33/h2-12,19,22H,13-14H2,1H3,(H2,29,33)(H2,30,31,35). The summed E-state index contributed by atoms with van der Waals surface area (Å²) in [6, 6.07) is 18.4. The van der Waals surface area contributed by atoms with E-state index in [4.69, 9.17) is 28.9 Å². The van der Waals surface area contributed by atoms with Gasteiger partial charge in [0.1, 0.15) is 12.6 Å². The van der Waals surface area contributed by atoms with E-state index in [9.17, 15) is 14.4 Å². The fourth-order valence-corrected chi connectivity index (χ4v) is 4.64. The molecule has 35 heavy (non-hydrogen) atoms. The van der Waals surface area contributed by atoms with E-state index in [1.54, 1.807) is 30.3 Å². The van der Waals surface area contributed by atoms with Crippen LogP contribution in [0.15, 0.2) is 66.7 Å². The van der Waals surface area contributed by atoms with Gasteiger partial charge in [-0.3, -0.25) is 9.59 Å². The molecule has 3 aromatic carbocycles. The van der Waals surface area contributed by atoms with E-state index in [-0.39, 0.29) is 18.9 Å². The molecule has 0 radical (unpaired) electrons. The first kappa shape index (κ1) is 24.6. The van der Waals surface area contributed by atoms with Crippen molar-refractivity contribution in [3.05, 3.63) is 93.5 Å². The van der Waals surface area contributed by atoms with Crippen molar-refractivity contribution in [2.45, 2.75) is 25.3 Å². The largest absolute Gasteiger partial charge is 0.368 e. The maximum atomic E-state index is 13.6. The first-order valence-corrected chi connectivity index (χ1v) is 11.8. The van der Waals surface area contributed by atoms with Crippen LogP contribution < -0.4 is 21.3 Å². The van der Waals surface area contributed by atoms with Crippen LogP contribution in [-0.2, 0) is 9.59 Å². The van der Waals surface area contributed by atoms with Gasteiger partial charge >= 0.3 is 6.03 Å². The van der Waals surface area contributed by atoms with Crippen LogP contribution in [-0.4, -0.2) is 30.4 Å². The first-order valence-electron chi connectivity index (χ1n) is 11.0. The molecule has 3 aromatic rings. The molecule has 4 amide bonds. The zero-order valence-electron chi connectivity index (χ0n) is 18.9. The van der Waals surface area contributed by atoms with E-state index in [0.717, 1.165) is 16.7 Å². The Morgan fingerprint density at radius 2 is 1.80 bits per heavy atom. The van der Waals surface area contributed by atoms with E-state index in [1.807, 2.05) is 43.3 Å². The number of urea groups is 1. The van der Waals surface area contributed by atoms with Crippen molar-refractivity contribution in [2.75, 3.05) is 16.8 Å². The molecule has 4 N–H and O–H groups in total. The van der Waals surface area contributed by atoms with Gasteiger partial charge in [-0.15, -0.1) is 0 Å². The summed E-state index contributed by atoms with van der Waals surface area (Å²) >= 11 is 12.4. The third-order valence-electron chi connectivity index (χ3n) is 5.88. The average Bonchev–Trinajstić information content (AvgIpc) is 2.91. The molecular formula is C26H24Cl2N4O3. The lowest BCUT2D eigenvalue weighted by Gasteiger charge is -2.25. The highest BCUT2D eigenvalue weighted by Gasteiger charge is 2.37. The summed E-state index contributed by atoms with van der Waals surface area (Å²) < 4.78 is 0. The number of aryl methyl sites for hydroxylation is 1. The molecule has 0 saturated carbocycles. The number of benzene rings is 3. The van der Waals surface area contributed by atoms with E-state index in [2.05, 4.69) is 10.6 Å². The number of hydrogen-bond acceptors (Lipinski definition) is 3. The molecule has 9 heteroatoms. The minimum atomic E-state index is -0.939. The van der Waals surface area contributed by atoms with Crippen molar-refractivity contribution in [1.29, 1.82) is 0 Å². The molecule has 0 fully saturated rings. The zero-order chi connectivity index (χ0) is 25.1. The summed E-state index contributed by atoms with van der Waals surface area (Å²) in [5.74, 6) is -1.41. The number of nitrogens with two attached hydrogens (primary N) is 1. The number of fused-ring (bicyclic) bond motifs is 1. The molecule has 180 valence electrons. The quantitative estimate of drug-likeness (QED) is 0.456. The highest BCUT2D eigenvalue weighted by molar-refractivity contribution is 6.42. The second-order valence-corrected chi connectivity index (χ2v) is 9.25. The summed E-state index contributed by atoms with van der Waals surface area (Å²) in [6.07, 6.45) is 0.240. The summed E-state index contributed by atoms with van der Waals surface area (Å²) in [6.45, 7) is 1.60. The highest BCUT2D eigenvalue weighted by Crippen LogP contribution is 2.40. The van der Waals surface area contributed by atoms with Gasteiger partial charge < -0.3 is 21.3 Å². The predicted molar refractivity (Wildman–Crippen MR) is 138 cm³/mol. The third-order valence-corrected chi connectivity index (χ3v) is 6.62. The van der Waals surface area contributed by atoms with Crippen molar-refractivity contribution >= 4 is 52.4 Å². The van der Waals surface area contributed by atoms with Crippen LogP contribution >= 0.6 is 23.2 Å². The molecule has 0 bridgehead atoms. The number of nitrogens with one attached hydrogen (secondary N) is 2. The summed E-state index contributed by atoms with van der Waals surface area (Å²) in [5, 5.41) is 6.35. The SMILES string of the molecule is Cc1cccc(NC(=O)NC2CC(c3ccc(Cl)c(Cl)c3)c3ccccc3N(CC(N)=O)C2=O)c1. The Bertz CT molecular complexity index is 1300. The van der Waals surface area contributed by atoms with Gasteiger partial charge in [0.05, 0.1) is 10.0 Å². The number of carbonyl (C=O) groups excluding carboxylic acids is 3. The predicted octanol–water partition coefficient (Wildman–Crippen LogP) is 4.85. The average molecular weight is 511 g/mol. The number of para-hydroxylation sites is 1. The molecule has 4 rings (SSSR count). The first-order chi connectivity index (χ1) is 16.7. The van der Waals surface area contributed by atoms with E-state index in [1.165, 1.54) is 4.90 Å². The fraction of sp³-hybridized carbons (Fsp3) is 0.192. The number of halogens is 2. The minimum absolute atomic E-state index is 0.240. The lowest BCUT2D eigenvalue weighted by atomic mass is 9.86. The number of hydrogen-bond donors (Lipinski definition) is 3. The number of rotatable bonds is 5. The number of primary amides is 1. The number of anilines is 2. The third kappa shape index (κ3) is 5.58. The zero-order valence-corrected chi connectivity index (χ0v) is 20.4. The molecule has 0 aromatic heterocycles. The molecule has 2 atom stereocenters. The van der Waals surface area contributed by atoms with Crippen LogP contribution in [0.4, 0.5) is 16.2 Å². The Morgan fingerprint density at radius 3 is 2.51 bits per heavy atom. The molecule has 2 unspecified atom stereocenters. The molecule has 0 aliphatic carbocycles. The fourth-order valence-electron chi connectivity index (χ4n) is 4.33. The van der Waals surface area contributed by atoms with Gasteiger partial charge in [0.2, 0.25) is 11.8 Å². The molecule has 0 saturated heterocycles. The van der Waals surface area contributed by atoms with E-state index in [0.29, 0.717) is 21.4 Å². The van der Waals surface area contributed by atoms with Crippen LogP contribution in [0.25, 0.3) is 0 Å². The Balaban J connectivity index is 1.72. The Hall–Kier alpha value is -3.55. The molecule has 0 spiro atoms. The number of amides is 4. The van der Waals surface area contributed by atoms with Gasteiger partial charge in [0.15, 0.2) is 0 Å². The number of nitrogens with zero attached hydrogens (tertiary/aromatic N) is 1. The maximum absolute atomic E-state index is 13.6. The Labute approximate surface area is 213 Å². The van der Waals surface area contributed by atoms with E-state index >= 15 is 0 Å². The highest BCUT2D eigenvalue weighted by atomic mass is 35.5. The van der Waals surface area contributed by atoms with Crippen LogP contribution in [0.2, 0.25) is 10.0 Å². The summed E-state index contributed by atoms with van der Waals surface area (Å²) in [4.78, 5) is 39.7. The van der Waals surface area contributed by atoms with Gasteiger partial charge in [-0.2, -0.15) is 0 Å². The van der Waals surface area contributed by atoms with Crippen molar-refractivity contribution in [3.8, 4) is 0 Å². The monoisotopic (exact) mass is 510 g/mol. The van der Waals surface area contributed by atoms with Gasteiger partial charge in [0.25, 0.3) is 0 Å². The second kappa shape index (κ2) is 10.4. The van der Waals surface area contributed by atoms with E-state index < -0.39 is 23.9 Å². The molecule has 1 aliphatic rings. The normalized spacial score (nSPS) is 17.3. The lowest BCUT2D eigenvalue weighted by molar-refractivity contribution is -0.123. The van der Waals surface area contributed by atoms with Crippen LogP contribution in [0.5, 0.6) is 0 Å². The van der Waals surface area contributed by atoms with Gasteiger partial charge in [-0.1, -0.05) is 59.6 Å². The van der Waals surface area contributed by atoms with Crippen LogP contribution in [0.3, 0.4) is 0 Å². The number of carbonyl (C=O) groups is 3. The molecule has 1 heterocycles. The molecule has 7 nitrogen and oxygen atoms in total. The minimum Gasteiger partial charge on any atom is -0.368 e. The van der Waals surface area contributed by atoms with Crippen LogP contribution in [0, 0.1) is 6.92 Å². The van der Waals surface area contributed by atoms with Gasteiger partial charge in [-0.25, -0.2) is 4.79 Å². The summed E-state index contributed by atoms with van der Waals surface area (Å²) in [7, 11) is 0. The Morgan fingerprint density at radius 1 is 1.03 bits per heavy atom. The maximum Gasteiger partial charge on any atom is 0.319 e.